The minimum atomic E-state index is -3.15. The van der Waals surface area contributed by atoms with Gasteiger partial charge >= 0.3 is 0 Å². The van der Waals surface area contributed by atoms with Crippen molar-refractivity contribution in [3.8, 4) is 0 Å². The molecule has 0 N–H and O–H groups in total. The summed E-state index contributed by atoms with van der Waals surface area (Å²) in [5.41, 5.74) is 1.58. The van der Waals surface area contributed by atoms with Crippen LogP contribution in [0.15, 0.2) is 30.3 Å². The second kappa shape index (κ2) is 8.44. The molecule has 7 heteroatoms. The van der Waals surface area contributed by atoms with E-state index in [1.54, 1.807) is 24.3 Å². The van der Waals surface area contributed by atoms with Gasteiger partial charge in [-0.15, -0.1) is 0 Å². The minimum Gasteiger partial charge on any atom is -0.337 e. The maximum atomic E-state index is 12.4. The Balaban J connectivity index is 1.54. The van der Waals surface area contributed by atoms with Crippen LogP contribution in [0.3, 0.4) is 0 Å². The summed E-state index contributed by atoms with van der Waals surface area (Å²) >= 11 is 0. The zero-order valence-electron chi connectivity index (χ0n) is 16.2. The molecule has 0 bridgehead atoms. The number of nitrogens with zero attached hydrogens (tertiary/aromatic N) is 3. The monoisotopic (exact) mass is 391 g/mol. The third kappa shape index (κ3) is 5.11. The van der Waals surface area contributed by atoms with Crippen molar-refractivity contribution in [2.45, 2.75) is 20.3 Å². The van der Waals surface area contributed by atoms with Crippen LogP contribution >= 0.6 is 0 Å². The largest absolute Gasteiger partial charge is 0.337 e. The van der Waals surface area contributed by atoms with Crippen LogP contribution in [0.4, 0.5) is 5.69 Å². The summed E-state index contributed by atoms with van der Waals surface area (Å²) in [6.07, 6.45) is 4.08. The van der Waals surface area contributed by atoms with Gasteiger partial charge in [0, 0.05) is 45.3 Å². The van der Waals surface area contributed by atoms with Gasteiger partial charge in [0.1, 0.15) is 0 Å². The number of hydrogen-bond acceptors (Lipinski definition) is 4. The van der Waals surface area contributed by atoms with Crippen LogP contribution in [0.1, 0.15) is 25.8 Å². The molecular formula is C20H29N3O3S. The first-order valence-electron chi connectivity index (χ1n) is 9.65. The van der Waals surface area contributed by atoms with Gasteiger partial charge < -0.3 is 4.90 Å². The lowest BCUT2D eigenvalue weighted by Gasteiger charge is -2.35. The molecular weight excluding hydrogens is 362 g/mol. The van der Waals surface area contributed by atoms with Gasteiger partial charge in [-0.3, -0.25) is 14.0 Å². The van der Waals surface area contributed by atoms with Crippen molar-refractivity contribution in [1.29, 1.82) is 0 Å². The predicted octanol–water partition coefficient (Wildman–Crippen LogP) is 2.04. The van der Waals surface area contributed by atoms with Crippen molar-refractivity contribution in [1.82, 2.24) is 9.80 Å². The average Bonchev–Trinajstić information content (AvgIpc) is 2.99. The first-order valence-corrected chi connectivity index (χ1v) is 11.3. The Kier molecular flexibility index (Phi) is 6.22. The molecule has 2 fully saturated rings. The van der Waals surface area contributed by atoms with Gasteiger partial charge in [0.25, 0.3) is 0 Å². The Morgan fingerprint density at radius 2 is 1.74 bits per heavy atom. The summed E-state index contributed by atoms with van der Waals surface area (Å²) < 4.78 is 25.4. The topological polar surface area (TPSA) is 60.9 Å². The number of benzene rings is 1. The van der Waals surface area contributed by atoms with E-state index in [4.69, 9.17) is 0 Å². The van der Waals surface area contributed by atoms with Gasteiger partial charge in [-0.05, 0) is 36.1 Å². The molecule has 1 aromatic carbocycles. The molecule has 27 heavy (non-hydrogen) atoms. The van der Waals surface area contributed by atoms with E-state index in [1.807, 2.05) is 17.0 Å². The molecule has 0 aromatic heterocycles. The van der Waals surface area contributed by atoms with Crippen molar-refractivity contribution in [3.05, 3.63) is 35.9 Å². The molecule has 3 rings (SSSR count). The van der Waals surface area contributed by atoms with E-state index < -0.39 is 10.0 Å². The molecule has 2 saturated heterocycles. The lowest BCUT2D eigenvalue weighted by molar-refractivity contribution is -0.127. The Labute approximate surface area is 162 Å². The standard InChI is InChI=1S/C20H29N3O3S/c1-17(2)16-21-11-13-22(14-12-21)20(24)9-6-18-4-7-19(8-5-18)23-10-3-15-27(23,25)26/h4-9,17H,3,10-16H2,1-2H3/b9-6+. The molecule has 2 aliphatic heterocycles. The predicted molar refractivity (Wildman–Crippen MR) is 109 cm³/mol. The number of anilines is 1. The Morgan fingerprint density at radius 1 is 1.07 bits per heavy atom. The molecule has 1 amide bonds. The number of amides is 1. The maximum Gasteiger partial charge on any atom is 0.246 e. The summed E-state index contributed by atoms with van der Waals surface area (Å²) in [4.78, 5) is 16.7. The molecule has 0 radical (unpaired) electrons. The first-order chi connectivity index (χ1) is 12.8. The van der Waals surface area contributed by atoms with Crippen molar-refractivity contribution in [2.24, 2.45) is 5.92 Å². The van der Waals surface area contributed by atoms with E-state index in [0.717, 1.165) is 38.3 Å². The summed E-state index contributed by atoms with van der Waals surface area (Å²) in [6.45, 7) is 9.43. The lowest BCUT2D eigenvalue weighted by atomic mass is 10.1. The van der Waals surface area contributed by atoms with Crippen molar-refractivity contribution in [2.75, 3.05) is 49.3 Å². The summed E-state index contributed by atoms with van der Waals surface area (Å²) in [5.74, 6) is 0.893. The highest BCUT2D eigenvalue weighted by atomic mass is 32.2. The summed E-state index contributed by atoms with van der Waals surface area (Å²) in [7, 11) is -3.15. The minimum absolute atomic E-state index is 0.0328. The highest BCUT2D eigenvalue weighted by Gasteiger charge is 2.28. The fraction of sp³-hybridized carbons (Fsp3) is 0.550. The molecule has 0 saturated carbocycles. The normalized spacial score (nSPS) is 20.7. The van der Waals surface area contributed by atoms with Gasteiger partial charge in [0.05, 0.1) is 11.4 Å². The SMILES string of the molecule is CC(C)CN1CCN(C(=O)/C=C/c2ccc(N3CCCS3(=O)=O)cc2)CC1. The first kappa shape index (κ1) is 19.9. The zero-order chi connectivity index (χ0) is 19.4. The number of carbonyl (C=O) groups excluding carboxylic acids is 1. The summed E-state index contributed by atoms with van der Waals surface area (Å²) in [5, 5.41) is 0. The van der Waals surface area contributed by atoms with E-state index >= 15 is 0 Å². The van der Waals surface area contributed by atoms with Gasteiger partial charge in [0.2, 0.25) is 15.9 Å². The van der Waals surface area contributed by atoms with Crippen LogP contribution in [0.25, 0.3) is 6.08 Å². The average molecular weight is 392 g/mol. The Morgan fingerprint density at radius 3 is 2.30 bits per heavy atom. The van der Waals surface area contributed by atoms with Crippen LogP contribution in [0, 0.1) is 5.92 Å². The van der Waals surface area contributed by atoms with E-state index in [0.29, 0.717) is 24.6 Å². The van der Waals surface area contributed by atoms with Crippen molar-refractivity contribution < 1.29 is 13.2 Å². The van der Waals surface area contributed by atoms with E-state index in [-0.39, 0.29) is 11.7 Å². The lowest BCUT2D eigenvalue weighted by Crippen LogP contribution is -2.49. The number of sulfonamides is 1. The maximum absolute atomic E-state index is 12.4. The molecule has 2 aliphatic rings. The molecule has 6 nitrogen and oxygen atoms in total. The van der Waals surface area contributed by atoms with Gasteiger partial charge in [-0.25, -0.2) is 8.42 Å². The van der Waals surface area contributed by atoms with E-state index in [1.165, 1.54) is 4.31 Å². The zero-order valence-corrected chi connectivity index (χ0v) is 17.0. The van der Waals surface area contributed by atoms with Gasteiger partial charge in [-0.1, -0.05) is 26.0 Å². The quantitative estimate of drug-likeness (QED) is 0.721. The molecule has 0 spiro atoms. The molecule has 148 valence electrons. The summed E-state index contributed by atoms with van der Waals surface area (Å²) in [6, 6.07) is 7.32. The molecule has 0 atom stereocenters. The number of rotatable bonds is 5. The number of carbonyl (C=O) groups is 1. The Bertz CT molecular complexity index is 779. The fourth-order valence-electron chi connectivity index (χ4n) is 3.62. The number of piperazine rings is 1. The van der Waals surface area contributed by atoms with Crippen LogP contribution in [-0.2, 0) is 14.8 Å². The number of hydrogen-bond donors (Lipinski definition) is 0. The van der Waals surface area contributed by atoms with Crippen LogP contribution in [0.5, 0.6) is 0 Å². The fourth-order valence-corrected chi connectivity index (χ4v) is 5.19. The molecule has 1 aromatic rings. The molecule has 0 unspecified atom stereocenters. The van der Waals surface area contributed by atoms with Gasteiger partial charge in [0.15, 0.2) is 0 Å². The molecule has 0 aliphatic carbocycles. The highest BCUT2D eigenvalue weighted by molar-refractivity contribution is 7.93. The van der Waals surface area contributed by atoms with E-state index in [9.17, 15) is 13.2 Å². The molecule has 2 heterocycles. The van der Waals surface area contributed by atoms with Crippen molar-refractivity contribution >= 4 is 27.7 Å². The van der Waals surface area contributed by atoms with Crippen molar-refractivity contribution in [3.63, 3.8) is 0 Å². The Hall–Kier alpha value is -1.86. The third-order valence-electron chi connectivity index (χ3n) is 5.01. The van der Waals surface area contributed by atoms with Crippen LogP contribution in [0.2, 0.25) is 0 Å². The smallest absolute Gasteiger partial charge is 0.246 e. The van der Waals surface area contributed by atoms with Crippen LogP contribution < -0.4 is 4.31 Å². The highest BCUT2D eigenvalue weighted by Crippen LogP contribution is 2.24. The second-order valence-corrected chi connectivity index (χ2v) is 9.70. The third-order valence-corrected chi connectivity index (χ3v) is 6.88. The van der Waals surface area contributed by atoms with Crippen LogP contribution in [-0.4, -0.2) is 69.1 Å². The second-order valence-electron chi connectivity index (χ2n) is 7.69. The van der Waals surface area contributed by atoms with E-state index in [2.05, 4.69) is 18.7 Å². The van der Waals surface area contributed by atoms with Gasteiger partial charge in [-0.2, -0.15) is 0 Å².